The summed E-state index contributed by atoms with van der Waals surface area (Å²) in [6.45, 7) is 6.52. The molecule has 0 amide bonds. The van der Waals surface area contributed by atoms with Crippen LogP contribution in [0.3, 0.4) is 0 Å². The van der Waals surface area contributed by atoms with Crippen LogP contribution in [0.15, 0.2) is 6.20 Å². The first kappa shape index (κ1) is 9.06. The molecule has 0 radical (unpaired) electrons. The average Bonchev–Trinajstić information content (AvgIpc) is 2.36. The van der Waals surface area contributed by atoms with Gasteiger partial charge >= 0.3 is 0 Å². The number of nitrogens with one attached hydrogen (secondary N) is 1. The van der Waals surface area contributed by atoms with Crippen LogP contribution in [-0.4, -0.2) is 16.6 Å². The Labute approximate surface area is 72.1 Å². The molecule has 0 aromatic carbocycles. The largest absolute Gasteiger partial charge is 0.382 e. The van der Waals surface area contributed by atoms with E-state index in [2.05, 4.69) is 9.97 Å². The maximum absolute atomic E-state index is 5.48. The van der Waals surface area contributed by atoms with E-state index < -0.39 is 0 Å². The summed E-state index contributed by atoms with van der Waals surface area (Å²) < 4.78 is 5.48. The number of rotatable bonds is 3. The second kappa shape index (κ2) is 3.15. The molecule has 0 unspecified atom stereocenters. The fourth-order valence-corrected chi connectivity index (χ4v) is 1.07. The number of anilines is 1. The lowest BCUT2D eigenvalue weighted by Gasteiger charge is -2.21. The van der Waals surface area contributed by atoms with Crippen LogP contribution in [0.2, 0.25) is 0 Å². The molecule has 4 nitrogen and oxygen atoms in total. The van der Waals surface area contributed by atoms with Crippen LogP contribution in [-0.2, 0) is 10.3 Å². The number of nitrogen functional groups attached to an aromatic ring is 1. The minimum absolute atomic E-state index is 0.383. The van der Waals surface area contributed by atoms with Crippen LogP contribution in [0.5, 0.6) is 0 Å². The topological polar surface area (TPSA) is 63.9 Å². The van der Waals surface area contributed by atoms with Crippen molar-refractivity contribution in [2.24, 2.45) is 0 Å². The van der Waals surface area contributed by atoms with Gasteiger partial charge in [0.25, 0.3) is 0 Å². The first-order valence-electron chi connectivity index (χ1n) is 4.01. The number of hydrogen-bond donors (Lipinski definition) is 2. The van der Waals surface area contributed by atoms with E-state index in [-0.39, 0.29) is 5.60 Å². The minimum atomic E-state index is -0.383. The number of nitrogens with zero attached hydrogens (tertiary/aromatic N) is 1. The second-order valence-electron chi connectivity index (χ2n) is 3.12. The van der Waals surface area contributed by atoms with E-state index in [1.807, 2.05) is 20.8 Å². The van der Waals surface area contributed by atoms with E-state index in [0.717, 1.165) is 5.82 Å². The minimum Gasteiger partial charge on any atom is -0.382 e. The lowest BCUT2D eigenvalue weighted by molar-refractivity contribution is -0.0201. The van der Waals surface area contributed by atoms with Crippen molar-refractivity contribution in [3.63, 3.8) is 0 Å². The van der Waals surface area contributed by atoms with Crippen molar-refractivity contribution in [1.82, 2.24) is 9.97 Å². The maximum Gasteiger partial charge on any atom is 0.141 e. The molecule has 0 aliphatic rings. The van der Waals surface area contributed by atoms with Crippen LogP contribution >= 0.6 is 0 Å². The van der Waals surface area contributed by atoms with Gasteiger partial charge in [0.1, 0.15) is 17.2 Å². The van der Waals surface area contributed by atoms with Gasteiger partial charge in [-0.3, -0.25) is 0 Å². The van der Waals surface area contributed by atoms with E-state index >= 15 is 0 Å². The lowest BCUT2D eigenvalue weighted by atomic mass is 10.1. The van der Waals surface area contributed by atoms with Crippen molar-refractivity contribution < 1.29 is 4.74 Å². The van der Waals surface area contributed by atoms with Gasteiger partial charge < -0.3 is 15.5 Å². The zero-order valence-electron chi connectivity index (χ0n) is 7.72. The van der Waals surface area contributed by atoms with Crippen molar-refractivity contribution in [3.8, 4) is 0 Å². The predicted molar refractivity (Wildman–Crippen MR) is 47.7 cm³/mol. The molecule has 0 aliphatic heterocycles. The van der Waals surface area contributed by atoms with Crippen molar-refractivity contribution in [2.75, 3.05) is 12.3 Å². The quantitative estimate of drug-likeness (QED) is 0.716. The zero-order valence-corrected chi connectivity index (χ0v) is 7.72. The highest BCUT2D eigenvalue weighted by atomic mass is 16.5. The van der Waals surface area contributed by atoms with Gasteiger partial charge in [0.05, 0.1) is 0 Å². The van der Waals surface area contributed by atoms with Gasteiger partial charge in [-0.2, -0.15) is 0 Å². The fourth-order valence-electron chi connectivity index (χ4n) is 1.07. The molecule has 0 spiro atoms. The van der Waals surface area contributed by atoms with Gasteiger partial charge in [0.15, 0.2) is 0 Å². The number of aromatic amines is 1. The van der Waals surface area contributed by atoms with E-state index in [9.17, 15) is 0 Å². The van der Waals surface area contributed by atoms with Gasteiger partial charge in [-0.1, -0.05) is 0 Å². The van der Waals surface area contributed by atoms with E-state index in [1.54, 1.807) is 6.20 Å². The summed E-state index contributed by atoms with van der Waals surface area (Å²) in [4.78, 5) is 7.07. The van der Waals surface area contributed by atoms with Crippen LogP contribution in [0.25, 0.3) is 0 Å². The second-order valence-corrected chi connectivity index (χ2v) is 3.12. The molecular weight excluding hydrogens is 154 g/mol. The average molecular weight is 169 g/mol. The van der Waals surface area contributed by atoms with Crippen LogP contribution in [0.1, 0.15) is 26.6 Å². The summed E-state index contributed by atoms with van der Waals surface area (Å²) in [5, 5.41) is 0. The van der Waals surface area contributed by atoms with Gasteiger partial charge in [-0.25, -0.2) is 4.98 Å². The molecule has 1 aromatic rings. The smallest absolute Gasteiger partial charge is 0.141 e. The molecule has 0 saturated heterocycles. The van der Waals surface area contributed by atoms with Crippen LogP contribution in [0.4, 0.5) is 5.82 Å². The van der Waals surface area contributed by atoms with Gasteiger partial charge in [-0.05, 0) is 20.8 Å². The van der Waals surface area contributed by atoms with Crippen molar-refractivity contribution >= 4 is 5.82 Å². The molecule has 0 aliphatic carbocycles. The summed E-state index contributed by atoms with van der Waals surface area (Å²) in [6, 6.07) is 0. The number of aromatic nitrogens is 2. The summed E-state index contributed by atoms with van der Waals surface area (Å²) in [5.41, 5.74) is 5.09. The molecule has 1 aromatic heterocycles. The molecule has 12 heavy (non-hydrogen) atoms. The highest BCUT2D eigenvalue weighted by Gasteiger charge is 2.23. The number of H-pyrrole nitrogens is 1. The SMILES string of the molecule is CCOC(C)(C)c1nc(N)c[nH]1. The molecule has 0 saturated carbocycles. The summed E-state index contributed by atoms with van der Waals surface area (Å²) >= 11 is 0. The molecular formula is C8H15N3O. The molecule has 0 fully saturated rings. The van der Waals surface area contributed by atoms with Crippen molar-refractivity contribution in [2.45, 2.75) is 26.4 Å². The third-order valence-electron chi connectivity index (χ3n) is 1.67. The van der Waals surface area contributed by atoms with Gasteiger partial charge in [0.2, 0.25) is 0 Å². The molecule has 4 heteroatoms. The highest BCUT2D eigenvalue weighted by molar-refractivity contribution is 5.25. The van der Waals surface area contributed by atoms with E-state index in [4.69, 9.17) is 10.5 Å². The first-order valence-corrected chi connectivity index (χ1v) is 4.01. The standard InChI is InChI=1S/C8H15N3O/c1-4-12-8(2,3)7-10-5-6(9)11-7/h5H,4,9H2,1-3H3,(H,10,11). The number of imidazole rings is 1. The molecule has 1 rings (SSSR count). The summed E-state index contributed by atoms with van der Waals surface area (Å²) in [7, 11) is 0. The third kappa shape index (κ3) is 1.76. The maximum atomic E-state index is 5.48. The van der Waals surface area contributed by atoms with E-state index in [0.29, 0.717) is 12.4 Å². The normalized spacial score (nSPS) is 11.9. The number of nitrogens with two attached hydrogens (primary N) is 1. The Hall–Kier alpha value is -1.03. The van der Waals surface area contributed by atoms with E-state index in [1.165, 1.54) is 0 Å². The number of ether oxygens (including phenoxy) is 1. The van der Waals surface area contributed by atoms with Gasteiger partial charge in [0, 0.05) is 12.8 Å². The predicted octanol–water partition coefficient (Wildman–Crippen LogP) is 1.26. The Kier molecular flexibility index (Phi) is 2.38. The van der Waals surface area contributed by atoms with Gasteiger partial charge in [-0.15, -0.1) is 0 Å². The van der Waals surface area contributed by atoms with Crippen molar-refractivity contribution in [3.05, 3.63) is 12.0 Å². The summed E-state index contributed by atoms with van der Waals surface area (Å²) in [6.07, 6.45) is 1.66. The number of hydrogen-bond acceptors (Lipinski definition) is 3. The van der Waals surface area contributed by atoms with Crippen LogP contribution < -0.4 is 5.73 Å². The molecule has 0 bridgehead atoms. The Balaban J connectivity index is 2.81. The molecule has 3 N–H and O–H groups in total. The van der Waals surface area contributed by atoms with Crippen LogP contribution in [0, 0.1) is 0 Å². The Morgan fingerprint density at radius 2 is 2.33 bits per heavy atom. The summed E-state index contributed by atoms with van der Waals surface area (Å²) in [5.74, 6) is 1.26. The Bertz CT molecular complexity index is 255. The highest BCUT2D eigenvalue weighted by Crippen LogP contribution is 2.21. The Morgan fingerprint density at radius 3 is 2.75 bits per heavy atom. The fraction of sp³-hybridized carbons (Fsp3) is 0.625. The Morgan fingerprint density at radius 1 is 1.67 bits per heavy atom. The molecule has 68 valence electrons. The lowest BCUT2D eigenvalue weighted by Crippen LogP contribution is -2.23. The third-order valence-corrected chi connectivity index (χ3v) is 1.67. The molecule has 1 heterocycles. The monoisotopic (exact) mass is 169 g/mol. The van der Waals surface area contributed by atoms with Crippen molar-refractivity contribution in [1.29, 1.82) is 0 Å². The zero-order chi connectivity index (χ0) is 9.19. The first-order chi connectivity index (χ1) is 5.56. The molecule has 0 atom stereocenters.